The third-order valence-electron chi connectivity index (χ3n) is 1.48. The second-order valence-corrected chi connectivity index (χ2v) is 2.86. The lowest BCUT2D eigenvalue weighted by Gasteiger charge is -2.05. The first kappa shape index (κ1) is 10.2. The van der Waals surface area contributed by atoms with E-state index in [2.05, 4.69) is 0 Å². The number of halogens is 1. The van der Waals surface area contributed by atoms with Crippen molar-refractivity contribution in [1.29, 1.82) is 0 Å². The largest absolute Gasteiger partial charge is 0.506 e. The number of hydrogen-bond donors (Lipinski definition) is 1. The summed E-state index contributed by atoms with van der Waals surface area (Å²) in [6, 6.07) is 4.70. The molecule has 0 atom stereocenters. The Morgan fingerprint density at radius 1 is 1.38 bits per heavy atom. The van der Waals surface area contributed by atoms with Crippen LogP contribution in [0.1, 0.15) is 0 Å². The van der Waals surface area contributed by atoms with Gasteiger partial charge in [-0.15, -0.1) is 0 Å². The maximum atomic E-state index is 9.10. The Hall–Kier alpha value is -0.930. The van der Waals surface area contributed by atoms with Crippen molar-refractivity contribution in [3.8, 4) is 11.5 Å². The smallest absolute Gasteiger partial charge is 0.134 e. The van der Waals surface area contributed by atoms with Crippen LogP contribution in [0.2, 0.25) is 5.02 Å². The molecule has 0 saturated heterocycles. The molecule has 0 heterocycles. The zero-order valence-electron chi connectivity index (χ0n) is 7.29. The van der Waals surface area contributed by atoms with Crippen LogP contribution >= 0.6 is 11.6 Å². The predicted octanol–water partition coefficient (Wildman–Crippen LogP) is 2.07. The lowest BCUT2D eigenvalue weighted by molar-refractivity contribution is 0.146. The molecule has 3 nitrogen and oxygen atoms in total. The summed E-state index contributed by atoms with van der Waals surface area (Å²) in [7, 11) is 1.60. The number of aromatic hydroxyl groups is 1. The van der Waals surface area contributed by atoms with Gasteiger partial charge in [0.2, 0.25) is 0 Å². The summed E-state index contributed by atoms with van der Waals surface area (Å²) in [6.45, 7) is 0.996. The van der Waals surface area contributed by atoms with E-state index in [9.17, 15) is 0 Å². The standard InChI is InChI=1S/C9H11ClO3/c1-12-4-5-13-7-2-3-9(11)8(10)6-7/h2-3,6,11H,4-5H2,1H3. The molecule has 0 fully saturated rings. The summed E-state index contributed by atoms with van der Waals surface area (Å²) in [6.07, 6.45) is 0. The molecule has 0 amide bonds. The first-order valence-electron chi connectivity index (χ1n) is 3.84. The van der Waals surface area contributed by atoms with Crippen molar-refractivity contribution in [2.45, 2.75) is 0 Å². The fraction of sp³-hybridized carbons (Fsp3) is 0.333. The van der Waals surface area contributed by atoms with Gasteiger partial charge in [0, 0.05) is 13.2 Å². The van der Waals surface area contributed by atoms with Crippen molar-refractivity contribution >= 4 is 11.6 Å². The highest BCUT2D eigenvalue weighted by Crippen LogP contribution is 2.27. The van der Waals surface area contributed by atoms with Crippen molar-refractivity contribution in [2.75, 3.05) is 20.3 Å². The maximum absolute atomic E-state index is 9.10. The lowest BCUT2D eigenvalue weighted by atomic mass is 10.3. The second kappa shape index (κ2) is 4.94. The Kier molecular flexibility index (Phi) is 3.86. The molecular weight excluding hydrogens is 192 g/mol. The van der Waals surface area contributed by atoms with Crippen LogP contribution < -0.4 is 4.74 Å². The number of phenolic OH excluding ortho intramolecular Hbond substituents is 1. The first-order valence-corrected chi connectivity index (χ1v) is 4.22. The van der Waals surface area contributed by atoms with Gasteiger partial charge in [0.15, 0.2) is 0 Å². The van der Waals surface area contributed by atoms with Gasteiger partial charge in [-0.3, -0.25) is 0 Å². The highest BCUT2D eigenvalue weighted by molar-refractivity contribution is 6.32. The third-order valence-corrected chi connectivity index (χ3v) is 1.78. The Bertz CT molecular complexity index is 276. The van der Waals surface area contributed by atoms with Gasteiger partial charge in [0.1, 0.15) is 18.1 Å². The van der Waals surface area contributed by atoms with E-state index in [4.69, 9.17) is 26.2 Å². The first-order chi connectivity index (χ1) is 6.24. The van der Waals surface area contributed by atoms with E-state index < -0.39 is 0 Å². The van der Waals surface area contributed by atoms with Crippen LogP contribution in [0.5, 0.6) is 11.5 Å². The number of rotatable bonds is 4. The highest BCUT2D eigenvalue weighted by Gasteiger charge is 1.99. The zero-order valence-corrected chi connectivity index (χ0v) is 8.04. The van der Waals surface area contributed by atoms with Gasteiger partial charge in [0.25, 0.3) is 0 Å². The molecular formula is C9H11ClO3. The van der Waals surface area contributed by atoms with Crippen molar-refractivity contribution in [2.24, 2.45) is 0 Å². The predicted molar refractivity (Wildman–Crippen MR) is 50.5 cm³/mol. The van der Waals surface area contributed by atoms with Crippen LogP contribution in [-0.2, 0) is 4.74 Å². The molecule has 0 unspecified atom stereocenters. The molecule has 13 heavy (non-hydrogen) atoms. The average molecular weight is 203 g/mol. The maximum Gasteiger partial charge on any atom is 0.134 e. The summed E-state index contributed by atoms with van der Waals surface area (Å²) in [5.74, 6) is 0.681. The van der Waals surface area contributed by atoms with E-state index in [0.29, 0.717) is 19.0 Å². The molecule has 0 aromatic heterocycles. The summed E-state index contributed by atoms with van der Waals surface area (Å²) in [5, 5.41) is 9.39. The van der Waals surface area contributed by atoms with Gasteiger partial charge in [-0.2, -0.15) is 0 Å². The van der Waals surface area contributed by atoms with E-state index in [1.807, 2.05) is 0 Å². The summed E-state index contributed by atoms with van der Waals surface area (Å²) >= 11 is 5.67. The third kappa shape index (κ3) is 3.13. The van der Waals surface area contributed by atoms with E-state index in [-0.39, 0.29) is 10.8 Å². The van der Waals surface area contributed by atoms with E-state index in [1.165, 1.54) is 6.07 Å². The summed E-state index contributed by atoms with van der Waals surface area (Å²) in [5.41, 5.74) is 0. The van der Waals surface area contributed by atoms with Crippen molar-refractivity contribution in [3.63, 3.8) is 0 Å². The molecule has 0 spiro atoms. The Balaban J connectivity index is 2.53. The molecule has 72 valence electrons. The minimum absolute atomic E-state index is 0.0563. The highest BCUT2D eigenvalue weighted by atomic mass is 35.5. The van der Waals surface area contributed by atoms with Crippen LogP contribution in [0, 0.1) is 0 Å². The summed E-state index contributed by atoms with van der Waals surface area (Å²) in [4.78, 5) is 0. The normalized spacial score (nSPS) is 10.0. The second-order valence-electron chi connectivity index (χ2n) is 2.45. The van der Waals surface area contributed by atoms with Crippen molar-refractivity contribution < 1.29 is 14.6 Å². The molecule has 1 aromatic carbocycles. The Labute approximate surface area is 81.9 Å². The van der Waals surface area contributed by atoms with Gasteiger partial charge in [-0.05, 0) is 12.1 Å². The van der Waals surface area contributed by atoms with Crippen LogP contribution in [0.4, 0.5) is 0 Å². The van der Waals surface area contributed by atoms with Crippen LogP contribution in [0.25, 0.3) is 0 Å². The van der Waals surface area contributed by atoms with Gasteiger partial charge in [0.05, 0.1) is 11.6 Å². The molecule has 0 radical (unpaired) electrons. The number of benzene rings is 1. The minimum Gasteiger partial charge on any atom is -0.506 e. The number of hydrogen-bond acceptors (Lipinski definition) is 3. The fourth-order valence-corrected chi connectivity index (χ4v) is 0.991. The Morgan fingerprint density at radius 2 is 2.15 bits per heavy atom. The molecule has 0 aliphatic rings. The van der Waals surface area contributed by atoms with Gasteiger partial charge in [-0.1, -0.05) is 11.6 Å². The van der Waals surface area contributed by atoms with Crippen molar-refractivity contribution in [3.05, 3.63) is 23.2 Å². The Morgan fingerprint density at radius 3 is 2.77 bits per heavy atom. The molecule has 0 aliphatic carbocycles. The fourth-order valence-electron chi connectivity index (χ4n) is 0.820. The molecule has 0 bridgehead atoms. The van der Waals surface area contributed by atoms with E-state index in [1.54, 1.807) is 19.2 Å². The SMILES string of the molecule is COCCOc1ccc(O)c(Cl)c1. The number of methoxy groups -OCH3 is 1. The van der Waals surface area contributed by atoms with Gasteiger partial charge >= 0.3 is 0 Å². The zero-order chi connectivity index (χ0) is 9.68. The van der Waals surface area contributed by atoms with Gasteiger partial charge in [-0.25, -0.2) is 0 Å². The van der Waals surface area contributed by atoms with E-state index in [0.717, 1.165) is 0 Å². The van der Waals surface area contributed by atoms with Crippen LogP contribution in [-0.4, -0.2) is 25.4 Å². The molecule has 1 aromatic rings. The van der Waals surface area contributed by atoms with Gasteiger partial charge < -0.3 is 14.6 Å². The lowest BCUT2D eigenvalue weighted by Crippen LogP contribution is -2.03. The molecule has 1 N–H and O–H groups in total. The monoisotopic (exact) mass is 202 g/mol. The summed E-state index contributed by atoms with van der Waals surface area (Å²) < 4.78 is 10.1. The quantitative estimate of drug-likeness (QED) is 0.760. The average Bonchev–Trinajstić information content (AvgIpc) is 2.12. The topological polar surface area (TPSA) is 38.7 Å². The van der Waals surface area contributed by atoms with E-state index >= 15 is 0 Å². The molecule has 0 saturated carbocycles. The molecule has 0 aliphatic heterocycles. The van der Waals surface area contributed by atoms with Crippen LogP contribution in [0.15, 0.2) is 18.2 Å². The van der Waals surface area contributed by atoms with Crippen molar-refractivity contribution in [1.82, 2.24) is 0 Å². The molecule has 1 rings (SSSR count). The minimum atomic E-state index is 0.0563. The van der Waals surface area contributed by atoms with Crippen LogP contribution in [0.3, 0.4) is 0 Å². The molecule has 4 heteroatoms. The number of phenols is 1. The number of ether oxygens (including phenoxy) is 2.